The van der Waals surface area contributed by atoms with Crippen molar-refractivity contribution < 1.29 is 27.4 Å². The summed E-state index contributed by atoms with van der Waals surface area (Å²) in [6.07, 6.45) is -3.17. The highest BCUT2D eigenvalue weighted by Gasteiger charge is 2.39. The maximum atomic E-state index is 13.5. The van der Waals surface area contributed by atoms with E-state index in [4.69, 9.17) is 14.2 Å². The minimum Gasteiger partial charge on any atom is -0.496 e. The van der Waals surface area contributed by atoms with Crippen molar-refractivity contribution in [2.75, 3.05) is 27.9 Å². The van der Waals surface area contributed by atoms with Gasteiger partial charge < -0.3 is 19.5 Å². The third kappa shape index (κ3) is 2.72. The zero-order chi connectivity index (χ0) is 19.3. The fourth-order valence-electron chi connectivity index (χ4n) is 4.23. The number of halogens is 3. The molecule has 4 nitrogen and oxygen atoms in total. The number of hydrogen-bond acceptors (Lipinski definition) is 4. The van der Waals surface area contributed by atoms with Gasteiger partial charge in [0, 0.05) is 11.6 Å². The normalized spacial score (nSPS) is 17.8. The van der Waals surface area contributed by atoms with Gasteiger partial charge in [-0.2, -0.15) is 13.2 Å². The molecule has 2 aromatic carbocycles. The van der Waals surface area contributed by atoms with E-state index in [2.05, 4.69) is 5.32 Å². The quantitative estimate of drug-likeness (QED) is 0.870. The van der Waals surface area contributed by atoms with Gasteiger partial charge in [0.1, 0.15) is 5.75 Å². The lowest BCUT2D eigenvalue weighted by Crippen LogP contribution is -2.34. The number of benzene rings is 2. The Bertz CT molecular complexity index is 909. The van der Waals surface area contributed by atoms with Gasteiger partial charge in [-0.25, -0.2) is 0 Å². The van der Waals surface area contributed by atoms with E-state index in [1.807, 2.05) is 6.07 Å². The molecular weight excluding hydrogens is 359 g/mol. The molecule has 7 heteroatoms. The zero-order valence-electron chi connectivity index (χ0n) is 15.3. The predicted octanol–water partition coefficient (Wildman–Crippen LogP) is 4.14. The molecule has 1 aliphatic heterocycles. The Labute approximate surface area is 155 Å². The molecule has 2 aromatic rings. The molecule has 1 heterocycles. The monoisotopic (exact) mass is 379 g/mol. The van der Waals surface area contributed by atoms with Crippen LogP contribution in [0.3, 0.4) is 0 Å². The SMILES string of the molecule is COc1cc2c(cc1C(F)(F)F)C[C@@H]1NCCc3cc(OC)c(OC)c-2c31. The molecule has 0 amide bonds. The van der Waals surface area contributed by atoms with Crippen molar-refractivity contribution in [1.29, 1.82) is 0 Å². The number of ether oxygens (including phenoxy) is 3. The van der Waals surface area contributed by atoms with E-state index in [0.717, 1.165) is 29.7 Å². The first kappa shape index (κ1) is 18.0. The molecule has 2 aliphatic rings. The standard InChI is InChI=1S/C20H20F3NO3/c1-25-15-9-12-11(6-13(15)20(21,22)23)7-14-17-10(4-5-24-14)8-16(26-2)19(27-3)18(12)17/h6,8-9,14,24H,4-5,7H2,1-3H3/t14-/m0/s1. The molecule has 0 aromatic heterocycles. The van der Waals surface area contributed by atoms with Gasteiger partial charge in [-0.05, 0) is 59.8 Å². The number of rotatable bonds is 3. The van der Waals surface area contributed by atoms with Crippen molar-refractivity contribution in [3.8, 4) is 28.4 Å². The minimum atomic E-state index is -4.48. The molecular formula is C20H20F3NO3. The fourth-order valence-corrected chi connectivity index (χ4v) is 4.23. The summed E-state index contributed by atoms with van der Waals surface area (Å²) in [4.78, 5) is 0. The second-order valence-corrected chi connectivity index (χ2v) is 6.73. The maximum absolute atomic E-state index is 13.5. The Kier molecular flexibility index (Phi) is 4.22. The maximum Gasteiger partial charge on any atom is 0.419 e. The largest absolute Gasteiger partial charge is 0.496 e. The average molecular weight is 379 g/mol. The van der Waals surface area contributed by atoms with Crippen molar-refractivity contribution in [2.45, 2.75) is 25.1 Å². The predicted molar refractivity (Wildman–Crippen MR) is 94.7 cm³/mol. The molecule has 0 unspecified atom stereocenters. The number of alkyl halides is 3. The summed E-state index contributed by atoms with van der Waals surface area (Å²) in [7, 11) is 4.36. The highest BCUT2D eigenvalue weighted by molar-refractivity contribution is 5.84. The van der Waals surface area contributed by atoms with Crippen LogP contribution in [-0.2, 0) is 19.0 Å². The Hall–Kier alpha value is -2.41. The summed E-state index contributed by atoms with van der Waals surface area (Å²) in [6, 6.07) is 4.59. The van der Waals surface area contributed by atoms with Crippen molar-refractivity contribution >= 4 is 0 Å². The van der Waals surface area contributed by atoms with Crippen LogP contribution >= 0.6 is 0 Å². The molecule has 0 saturated carbocycles. The molecule has 1 aliphatic carbocycles. The van der Waals surface area contributed by atoms with Crippen LogP contribution in [-0.4, -0.2) is 27.9 Å². The van der Waals surface area contributed by atoms with Crippen LogP contribution in [0.25, 0.3) is 11.1 Å². The molecule has 27 heavy (non-hydrogen) atoms. The van der Waals surface area contributed by atoms with E-state index in [-0.39, 0.29) is 11.8 Å². The molecule has 0 spiro atoms. The fraction of sp³-hybridized carbons (Fsp3) is 0.400. The highest BCUT2D eigenvalue weighted by atomic mass is 19.4. The third-order valence-corrected chi connectivity index (χ3v) is 5.35. The molecule has 0 bridgehead atoms. The van der Waals surface area contributed by atoms with Crippen LogP contribution in [0.15, 0.2) is 18.2 Å². The highest BCUT2D eigenvalue weighted by Crippen LogP contribution is 2.52. The van der Waals surface area contributed by atoms with Crippen molar-refractivity contribution in [1.82, 2.24) is 5.32 Å². The van der Waals surface area contributed by atoms with Gasteiger partial charge >= 0.3 is 6.18 Å². The summed E-state index contributed by atoms with van der Waals surface area (Å²) in [5.74, 6) is 0.924. The van der Waals surface area contributed by atoms with E-state index in [0.29, 0.717) is 29.0 Å². The van der Waals surface area contributed by atoms with E-state index in [1.165, 1.54) is 19.2 Å². The van der Waals surface area contributed by atoms with Gasteiger partial charge in [0.2, 0.25) is 0 Å². The van der Waals surface area contributed by atoms with Crippen LogP contribution in [0.1, 0.15) is 28.3 Å². The van der Waals surface area contributed by atoms with Crippen molar-refractivity contribution in [3.63, 3.8) is 0 Å². The number of methoxy groups -OCH3 is 3. The lowest BCUT2D eigenvalue weighted by Gasteiger charge is -2.36. The van der Waals surface area contributed by atoms with Crippen LogP contribution in [0.5, 0.6) is 17.2 Å². The molecule has 0 saturated heterocycles. The molecule has 1 N–H and O–H groups in total. The second-order valence-electron chi connectivity index (χ2n) is 6.73. The molecule has 0 radical (unpaired) electrons. The Balaban J connectivity index is 2.05. The Morgan fingerprint density at radius 3 is 2.33 bits per heavy atom. The Morgan fingerprint density at radius 1 is 0.963 bits per heavy atom. The number of fused-ring (bicyclic) bond motifs is 2. The first-order valence-electron chi connectivity index (χ1n) is 8.68. The lowest BCUT2D eigenvalue weighted by molar-refractivity contribution is -0.138. The summed E-state index contributed by atoms with van der Waals surface area (Å²) < 4.78 is 56.6. The second kappa shape index (κ2) is 6.34. The van der Waals surface area contributed by atoms with E-state index in [9.17, 15) is 13.2 Å². The first-order chi connectivity index (χ1) is 12.9. The molecule has 144 valence electrons. The zero-order valence-corrected chi connectivity index (χ0v) is 15.3. The van der Waals surface area contributed by atoms with Gasteiger partial charge in [0.05, 0.1) is 26.9 Å². The van der Waals surface area contributed by atoms with Gasteiger partial charge in [-0.1, -0.05) is 0 Å². The smallest absolute Gasteiger partial charge is 0.419 e. The number of nitrogens with one attached hydrogen (secondary N) is 1. The first-order valence-corrected chi connectivity index (χ1v) is 8.68. The van der Waals surface area contributed by atoms with Crippen LogP contribution in [0.2, 0.25) is 0 Å². The summed E-state index contributed by atoms with van der Waals surface area (Å²) in [5.41, 5.74) is 3.56. The summed E-state index contributed by atoms with van der Waals surface area (Å²) in [5, 5.41) is 3.42. The van der Waals surface area contributed by atoms with E-state index < -0.39 is 11.7 Å². The van der Waals surface area contributed by atoms with E-state index in [1.54, 1.807) is 14.2 Å². The van der Waals surface area contributed by atoms with E-state index >= 15 is 0 Å². The van der Waals surface area contributed by atoms with Gasteiger partial charge in [0.15, 0.2) is 11.5 Å². The topological polar surface area (TPSA) is 39.7 Å². The van der Waals surface area contributed by atoms with Crippen molar-refractivity contribution in [3.05, 3.63) is 40.5 Å². The van der Waals surface area contributed by atoms with Crippen LogP contribution in [0, 0.1) is 0 Å². The van der Waals surface area contributed by atoms with Crippen molar-refractivity contribution in [2.24, 2.45) is 0 Å². The van der Waals surface area contributed by atoms with Gasteiger partial charge in [-0.3, -0.25) is 0 Å². The molecule has 1 atom stereocenters. The summed E-state index contributed by atoms with van der Waals surface area (Å²) in [6.45, 7) is 0.768. The third-order valence-electron chi connectivity index (χ3n) is 5.35. The van der Waals surface area contributed by atoms with Crippen LogP contribution in [0.4, 0.5) is 13.2 Å². The lowest BCUT2D eigenvalue weighted by atomic mass is 9.76. The average Bonchev–Trinajstić information content (AvgIpc) is 2.65. The van der Waals surface area contributed by atoms with Gasteiger partial charge in [-0.15, -0.1) is 0 Å². The van der Waals surface area contributed by atoms with Crippen LogP contribution < -0.4 is 19.5 Å². The Morgan fingerprint density at radius 2 is 1.70 bits per heavy atom. The number of hydrogen-bond donors (Lipinski definition) is 1. The van der Waals surface area contributed by atoms with Gasteiger partial charge in [0.25, 0.3) is 0 Å². The molecule has 4 rings (SSSR count). The minimum absolute atomic E-state index is 0.0504. The summed E-state index contributed by atoms with van der Waals surface area (Å²) >= 11 is 0. The molecule has 0 fully saturated rings.